The molecule has 1 amide bonds. The lowest BCUT2D eigenvalue weighted by molar-refractivity contribution is -0.116. The van der Waals surface area contributed by atoms with Crippen molar-refractivity contribution in [3.63, 3.8) is 0 Å². The van der Waals surface area contributed by atoms with Crippen molar-refractivity contribution >= 4 is 23.2 Å². The predicted molar refractivity (Wildman–Crippen MR) is 117 cm³/mol. The largest absolute Gasteiger partial charge is 0.351 e. The molecule has 174 valence electrons. The van der Waals surface area contributed by atoms with E-state index in [4.69, 9.17) is 16.1 Å². The van der Waals surface area contributed by atoms with Gasteiger partial charge in [-0.05, 0) is 36.4 Å². The minimum atomic E-state index is -0.911. The van der Waals surface area contributed by atoms with Gasteiger partial charge in [0.2, 0.25) is 17.6 Å². The van der Waals surface area contributed by atoms with Gasteiger partial charge in [0.05, 0.1) is 11.4 Å². The van der Waals surface area contributed by atoms with Gasteiger partial charge in [-0.3, -0.25) is 14.2 Å². The molecule has 0 unspecified atom stereocenters. The standard InChI is InChI=1S/C21H15ClF2N6O4/c1-29-20(32)18(27-30(21(29)33)13-5-2-11(22)3-6-13)19-26-17(34-28-19)9-8-16(31)25-15-7-4-12(23)10-14(15)24/h2-7,10H,8-9H2,1H3,(H,25,31). The molecule has 0 radical (unpaired) electrons. The van der Waals surface area contributed by atoms with E-state index in [1.165, 1.54) is 7.05 Å². The molecule has 0 atom stereocenters. The predicted octanol–water partition coefficient (Wildman–Crippen LogP) is 2.48. The summed E-state index contributed by atoms with van der Waals surface area (Å²) in [5.74, 6) is -2.42. The second-order valence-electron chi connectivity index (χ2n) is 7.07. The number of carbonyl (C=O) groups is 1. The highest BCUT2D eigenvalue weighted by molar-refractivity contribution is 6.30. The normalized spacial score (nSPS) is 10.9. The van der Waals surface area contributed by atoms with Crippen LogP contribution < -0.4 is 16.6 Å². The molecular formula is C21H15ClF2N6O4. The molecular weight excluding hydrogens is 474 g/mol. The van der Waals surface area contributed by atoms with Crippen LogP contribution in [-0.4, -0.2) is 30.4 Å². The Balaban J connectivity index is 1.53. The van der Waals surface area contributed by atoms with Crippen molar-refractivity contribution in [2.24, 2.45) is 7.05 Å². The van der Waals surface area contributed by atoms with Gasteiger partial charge >= 0.3 is 5.69 Å². The first-order valence-corrected chi connectivity index (χ1v) is 10.1. The fourth-order valence-corrected chi connectivity index (χ4v) is 3.07. The minimum Gasteiger partial charge on any atom is -0.339 e. The Bertz CT molecular complexity index is 1500. The van der Waals surface area contributed by atoms with Gasteiger partial charge in [0.25, 0.3) is 5.56 Å². The Morgan fingerprint density at radius 3 is 2.59 bits per heavy atom. The van der Waals surface area contributed by atoms with Crippen LogP contribution in [-0.2, 0) is 18.3 Å². The fourth-order valence-electron chi connectivity index (χ4n) is 2.94. The molecule has 34 heavy (non-hydrogen) atoms. The molecule has 2 aromatic carbocycles. The number of halogens is 3. The molecule has 4 rings (SSSR count). The van der Waals surface area contributed by atoms with Crippen molar-refractivity contribution in [2.45, 2.75) is 12.8 Å². The highest BCUT2D eigenvalue weighted by Crippen LogP contribution is 2.16. The van der Waals surface area contributed by atoms with Crippen molar-refractivity contribution in [1.82, 2.24) is 24.5 Å². The van der Waals surface area contributed by atoms with E-state index in [1.54, 1.807) is 24.3 Å². The number of carbonyl (C=O) groups excluding carboxylic acids is 1. The van der Waals surface area contributed by atoms with Gasteiger partial charge in [0, 0.05) is 31.0 Å². The van der Waals surface area contributed by atoms with E-state index in [2.05, 4.69) is 20.6 Å². The van der Waals surface area contributed by atoms with Crippen LogP contribution in [0.4, 0.5) is 14.5 Å². The molecule has 10 nitrogen and oxygen atoms in total. The summed E-state index contributed by atoms with van der Waals surface area (Å²) in [5, 5.41) is 10.6. The molecule has 0 saturated carbocycles. The van der Waals surface area contributed by atoms with Crippen LogP contribution in [0.5, 0.6) is 0 Å². The molecule has 2 heterocycles. The summed E-state index contributed by atoms with van der Waals surface area (Å²) in [7, 11) is 1.28. The Kier molecular flexibility index (Phi) is 6.32. The summed E-state index contributed by atoms with van der Waals surface area (Å²) in [6, 6.07) is 8.99. The molecule has 0 saturated heterocycles. The third-order valence-corrected chi connectivity index (χ3v) is 4.95. The van der Waals surface area contributed by atoms with E-state index in [9.17, 15) is 23.2 Å². The third-order valence-electron chi connectivity index (χ3n) is 4.70. The van der Waals surface area contributed by atoms with E-state index < -0.39 is 28.8 Å². The molecule has 4 aromatic rings. The summed E-state index contributed by atoms with van der Waals surface area (Å²) in [4.78, 5) is 41.3. The number of hydrogen-bond donors (Lipinski definition) is 1. The first-order valence-electron chi connectivity index (χ1n) is 9.77. The van der Waals surface area contributed by atoms with Crippen molar-refractivity contribution in [1.29, 1.82) is 0 Å². The molecule has 1 N–H and O–H groups in total. The van der Waals surface area contributed by atoms with E-state index in [-0.39, 0.29) is 35.9 Å². The van der Waals surface area contributed by atoms with Crippen molar-refractivity contribution in [3.8, 4) is 17.2 Å². The summed E-state index contributed by atoms with van der Waals surface area (Å²) >= 11 is 5.88. The number of anilines is 1. The van der Waals surface area contributed by atoms with Gasteiger partial charge in [-0.1, -0.05) is 16.8 Å². The molecule has 0 spiro atoms. The summed E-state index contributed by atoms with van der Waals surface area (Å²) in [5.41, 5.74) is -1.49. The number of aromatic nitrogens is 5. The Morgan fingerprint density at radius 1 is 1.15 bits per heavy atom. The summed E-state index contributed by atoms with van der Waals surface area (Å²) in [6.45, 7) is 0. The zero-order valence-electron chi connectivity index (χ0n) is 17.5. The van der Waals surface area contributed by atoms with Crippen LogP contribution in [0.2, 0.25) is 5.02 Å². The van der Waals surface area contributed by atoms with Gasteiger partial charge in [0.15, 0.2) is 5.69 Å². The van der Waals surface area contributed by atoms with Gasteiger partial charge in [0.1, 0.15) is 11.6 Å². The van der Waals surface area contributed by atoms with Crippen molar-refractivity contribution < 1.29 is 18.1 Å². The lowest BCUT2D eigenvalue weighted by Gasteiger charge is -2.07. The van der Waals surface area contributed by atoms with Gasteiger partial charge < -0.3 is 9.84 Å². The Morgan fingerprint density at radius 2 is 1.88 bits per heavy atom. The zero-order chi connectivity index (χ0) is 24.4. The Hall–Kier alpha value is -4.19. The highest BCUT2D eigenvalue weighted by atomic mass is 35.5. The number of hydrogen-bond acceptors (Lipinski definition) is 7. The van der Waals surface area contributed by atoms with Crippen LogP contribution >= 0.6 is 11.6 Å². The topological polar surface area (TPSA) is 125 Å². The maximum atomic E-state index is 13.7. The molecule has 0 aliphatic carbocycles. The van der Waals surface area contributed by atoms with Gasteiger partial charge in [-0.25, -0.2) is 13.6 Å². The SMILES string of the molecule is Cn1c(=O)c(-c2noc(CCC(=O)Nc3ccc(F)cc3F)n2)nn(-c2ccc(Cl)cc2)c1=O. The third kappa shape index (κ3) is 4.76. The fraction of sp³-hybridized carbons (Fsp3) is 0.143. The Labute approximate surface area is 194 Å². The van der Waals surface area contributed by atoms with Crippen LogP contribution in [0.3, 0.4) is 0 Å². The molecule has 2 aromatic heterocycles. The summed E-state index contributed by atoms with van der Waals surface area (Å²) in [6.07, 6.45) is -0.188. The molecule has 0 fully saturated rings. The highest BCUT2D eigenvalue weighted by Gasteiger charge is 2.19. The lowest BCUT2D eigenvalue weighted by atomic mass is 10.2. The van der Waals surface area contributed by atoms with Crippen LogP contribution in [0.1, 0.15) is 12.3 Å². The first kappa shape index (κ1) is 23.0. The van der Waals surface area contributed by atoms with Gasteiger partial charge in [-0.15, -0.1) is 0 Å². The van der Waals surface area contributed by atoms with Crippen molar-refractivity contribution in [3.05, 3.63) is 85.9 Å². The smallest absolute Gasteiger partial charge is 0.339 e. The number of nitrogens with zero attached hydrogens (tertiary/aromatic N) is 5. The lowest BCUT2D eigenvalue weighted by Crippen LogP contribution is -2.40. The second kappa shape index (κ2) is 9.35. The quantitative estimate of drug-likeness (QED) is 0.442. The maximum Gasteiger partial charge on any atom is 0.351 e. The van der Waals surface area contributed by atoms with Gasteiger partial charge in [-0.2, -0.15) is 14.8 Å². The van der Waals surface area contributed by atoms with E-state index in [0.29, 0.717) is 16.8 Å². The van der Waals surface area contributed by atoms with E-state index in [0.717, 1.165) is 21.4 Å². The monoisotopic (exact) mass is 488 g/mol. The second-order valence-corrected chi connectivity index (χ2v) is 7.50. The summed E-state index contributed by atoms with van der Waals surface area (Å²) < 4.78 is 33.6. The molecule has 0 bridgehead atoms. The average molecular weight is 489 g/mol. The maximum absolute atomic E-state index is 13.7. The number of amides is 1. The molecule has 13 heteroatoms. The molecule has 0 aliphatic rings. The van der Waals surface area contributed by atoms with E-state index in [1.807, 2.05) is 0 Å². The van der Waals surface area contributed by atoms with E-state index >= 15 is 0 Å². The number of rotatable bonds is 6. The first-order chi connectivity index (χ1) is 16.2. The van der Waals surface area contributed by atoms with Crippen LogP contribution in [0, 0.1) is 11.6 Å². The number of aryl methyl sites for hydroxylation is 1. The number of benzene rings is 2. The van der Waals surface area contributed by atoms with Crippen LogP contribution in [0.25, 0.3) is 17.2 Å². The van der Waals surface area contributed by atoms with Crippen LogP contribution in [0.15, 0.2) is 56.6 Å². The average Bonchev–Trinajstić information content (AvgIpc) is 3.28. The van der Waals surface area contributed by atoms with Crippen molar-refractivity contribution in [2.75, 3.05) is 5.32 Å². The molecule has 0 aliphatic heterocycles. The zero-order valence-corrected chi connectivity index (χ0v) is 18.2. The minimum absolute atomic E-state index is 0.0119. The number of nitrogens with one attached hydrogen (secondary N) is 1.